The number of hydrogen-bond donors (Lipinski definition) is 2. The second-order valence-electron chi connectivity index (χ2n) is 3.95. The fourth-order valence-corrected chi connectivity index (χ4v) is 1.68. The van der Waals surface area contributed by atoms with Crippen molar-refractivity contribution in [3.05, 3.63) is 12.2 Å². The molecule has 0 aliphatic heterocycles. The second-order valence-corrected chi connectivity index (χ2v) is 3.95. The average Bonchev–Trinajstić information content (AvgIpc) is 2.76. The molecule has 6 heteroatoms. The second kappa shape index (κ2) is 8.16. The summed E-state index contributed by atoms with van der Waals surface area (Å²) < 4.78 is 7.26. The van der Waals surface area contributed by atoms with E-state index < -0.39 is 0 Å². The number of ether oxygens (including phenoxy) is 1. The van der Waals surface area contributed by atoms with Gasteiger partial charge >= 0.3 is 0 Å². The number of nitrogens with two attached hydrogens (primary N) is 1. The van der Waals surface area contributed by atoms with E-state index in [0.717, 1.165) is 38.2 Å². The third kappa shape index (κ3) is 4.80. The van der Waals surface area contributed by atoms with Crippen LogP contribution in [0.3, 0.4) is 0 Å². The maximum Gasteiger partial charge on any atom is 0.138 e. The van der Waals surface area contributed by atoms with Gasteiger partial charge in [-0.1, -0.05) is 6.92 Å². The minimum Gasteiger partial charge on any atom is -0.382 e. The Morgan fingerprint density at radius 3 is 3.00 bits per heavy atom. The molecule has 98 valence electrons. The maximum absolute atomic E-state index is 5.53. The van der Waals surface area contributed by atoms with Crippen molar-refractivity contribution in [2.45, 2.75) is 45.7 Å². The van der Waals surface area contributed by atoms with E-state index in [0.29, 0.717) is 6.61 Å². The summed E-state index contributed by atoms with van der Waals surface area (Å²) in [6.45, 7) is 6.47. The molecule has 17 heavy (non-hydrogen) atoms. The molecule has 0 aliphatic rings. The number of aryl methyl sites for hydroxylation is 1. The SMILES string of the molecule is CCCn1ncnc1CC(CCOCC)NN. The summed E-state index contributed by atoms with van der Waals surface area (Å²) in [5.41, 5.74) is 2.81. The smallest absolute Gasteiger partial charge is 0.138 e. The van der Waals surface area contributed by atoms with Gasteiger partial charge in [-0.05, 0) is 19.8 Å². The molecule has 0 bridgehead atoms. The molecule has 0 saturated heterocycles. The van der Waals surface area contributed by atoms with Gasteiger partial charge in [0.2, 0.25) is 0 Å². The highest BCUT2D eigenvalue weighted by Gasteiger charge is 2.12. The predicted octanol–water partition coefficient (Wildman–Crippen LogP) is 0.489. The van der Waals surface area contributed by atoms with Crippen molar-refractivity contribution in [3.8, 4) is 0 Å². The maximum atomic E-state index is 5.53. The van der Waals surface area contributed by atoms with Crippen LogP contribution in [-0.4, -0.2) is 34.0 Å². The Labute approximate surface area is 103 Å². The molecule has 3 N–H and O–H groups in total. The molecule has 0 saturated carbocycles. The summed E-state index contributed by atoms with van der Waals surface area (Å²) >= 11 is 0. The van der Waals surface area contributed by atoms with Gasteiger partial charge in [0.05, 0.1) is 0 Å². The molecule has 0 radical (unpaired) electrons. The largest absolute Gasteiger partial charge is 0.382 e. The van der Waals surface area contributed by atoms with E-state index in [9.17, 15) is 0 Å². The Hall–Kier alpha value is -0.980. The van der Waals surface area contributed by atoms with E-state index in [1.807, 2.05) is 11.6 Å². The van der Waals surface area contributed by atoms with Crippen molar-refractivity contribution in [2.24, 2.45) is 5.84 Å². The van der Waals surface area contributed by atoms with E-state index in [4.69, 9.17) is 10.6 Å². The zero-order valence-electron chi connectivity index (χ0n) is 10.7. The van der Waals surface area contributed by atoms with Gasteiger partial charge in [-0.15, -0.1) is 0 Å². The predicted molar refractivity (Wildman–Crippen MR) is 66.2 cm³/mol. The van der Waals surface area contributed by atoms with Crippen molar-refractivity contribution in [1.82, 2.24) is 20.2 Å². The lowest BCUT2D eigenvalue weighted by molar-refractivity contribution is 0.136. The summed E-state index contributed by atoms with van der Waals surface area (Å²) in [5.74, 6) is 6.51. The zero-order chi connectivity index (χ0) is 12.5. The van der Waals surface area contributed by atoms with E-state index in [2.05, 4.69) is 22.4 Å². The first-order chi connectivity index (χ1) is 8.31. The molecule has 1 rings (SSSR count). The highest BCUT2D eigenvalue weighted by molar-refractivity contribution is 4.89. The molecule has 1 aromatic heterocycles. The van der Waals surface area contributed by atoms with Gasteiger partial charge < -0.3 is 4.74 Å². The normalized spacial score (nSPS) is 12.9. The van der Waals surface area contributed by atoms with Crippen LogP contribution in [0.4, 0.5) is 0 Å². The monoisotopic (exact) mass is 241 g/mol. The van der Waals surface area contributed by atoms with Gasteiger partial charge in [0.15, 0.2) is 0 Å². The fraction of sp³-hybridized carbons (Fsp3) is 0.818. The third-order valence-corrected chi connectivity index (χ3v) is 2.61. The number of nitrogens with zero attached hydrogens (tertiary/aromatic N) is 3. The summed E-state index contributed by atoms with van der Waals surface area (Å²) in [4.78, 5) is 4.27. The first-order valence-corrected chi connectivity index (χ1v) is 6.22. The summed E-state index contributed by atoms with van der Waals surface area (Å²) in [6.07, 6.45) is 4.31. The van der Waals surface area contributed by atoms with Crippen LogP contribution >= 0.6 is 0 Å². The lowest BCUT2D eigenvalue weighted by Crippen LogP contribution is -2.38. The molecular weight excluding hydrogens is 218 g/mol. The van der Waals surface area contributed by atoms with Crippen molar-refractivity contribution in [1.29, 1.82) is 0 Å². The molecule has 1 aromatic rings. The third-order valence-electron chi connectivity index (χ3n) is 2.61. The Morgan fingerprint density at radius 2 is 2.35 bits per heavy atom. The van der Waals surface area contributed by atoms with E-state index in [-0.39, 0.29) is 6.04 Å². The Bertz CT molecular complexity index is 302. The molecule has 0 aromatic carbocycles. The van der Waals surface area contributed by atoms with E-state index >= 15 is 0 Å². The van der Waals surface area contributed by atoms with Gasteiger partial charge in [0, 0.05) is 32.2 Å². The summed E-state index contributed by atoms with van der Waals surface area (Å²) in [7, 11) is 0. The van der Waals surface area contributed by atoms with Crippen LogP contribution in [0.25, 0.3) is 0 Å². The Morgan fingerprint density at radius 1 is 1.53 bits per heavy atom. The van der Waals surface area contributed by atoms with Crippen LogP contribution in [0.1, 0.15) is 32.5 Å². The molecule has 0 spiro atoms. The van der Waals surface area contributed by atoms with Gasteiger partial charge in [-0.3, -0.25) is 16.0 Å². The van der Waals surface area contributed by atoms with Crippen LogP contribution in [0.2, 0.25) is 0 Å². The average molecular weight is 241 g/mol. The minimum atomic E-state index is 0.182. The Balaban J connectivity index is 2.45. The van der Waals surface area contributed by atoms with E-state index in [1.165, 1.54) is 0 Å². The lowest BCUT2D eigenvalue weighted by atomic mass is 10.1. The van der Waals surface area contributed by atoms with Crippen molar-refractivity contribution in [2.75, 3.05) is 13.2 Å². The number of rotatable bonds is 9. The number of nitrogens with one attached hydrogen (secondary N) is 1. The molecule has 1 atom stereocenters. The molecule has 1 unspecified atom stereocenters. The lowest BCUT2D eigenvalue weighted by Gasteiger charge is -2.15. The van der Waals surface area contributed by atoms with Crippen LogP contribution in [0, 0.1) is 0 Å². The van der Waals surface area contributed by atoms with Gasteiger partial charge in [0.1, 0.15) is 12.2 Å². The Kier molecular flexibility index (Phi) is 6.76. The van der Waals surface area contributed by atoms with Crippen molar-refractivity contribution >= 4 is 0 Å². The van der Waals surface area contributed by atoms with Crippen LogP contribution in [0.5, 0.6) is 0 Å². The van der Waals surface area contributed by atoms with E-state index in [1.54, 1.807) is 6.33 Å². The number of hydrogen-bond acceptors (Lipinski definition) is 5. The molecular formula is C11H23N5O. The van der Waals surface area contributed by atoms with Crippen LogP contribution in [-0.2, 0) is 17.7 Å². The van der Waals surface area contributed by atoms with Gasteiger partial charge in [0.25, 0.3) is 0 Å². The number of hydrazine groups is 1. The zero-order valence-corrected chi connectivity index (χ0v) is 10.7. The highest BCUT2D eigenvalue weighted by atomic mass is 16.5. The summed E-state index contributed by atoms with van der Waals surface area (Å²) in [6, 6.07) is 0.182. The molecule has 0 aliphatic carbocycles. The van der Waals surface area contributed by atoms with Gasteiger partial charge in [-0.25, -0.2) is 4.98 Å². The van der Waals surface area contributed by atoms with Crippen molar-refractivity contribution < 1.29 is 4.74 Å². The molecule has 0 amide bonds. The van der Waals surface area contributed by atoms with Crippen molar-refractivity contribution in [3.63, 3.8) is 0 Å². The molecule has 1 heterocycles. The first-order valence-electron chi connectivity index (χ1n) is 6.22. The summed E-state index contributed by atoms with van der Waals surface area (Å²) in [5, 5.41) is 4.20. The molecule has 0 fully saturated rings. The van der Waals surface area contributed by atoms with Gasteiger partial charge in [-0.2, -0.15) is 5.10 Å². The topological polar surface area (TPSA) is 78.0 Å². The quantitative estimate of drug-likeness (QED) is 0.374. The minimum absolute atomic E-state index is 0.182. The highest BCUT2D eigenvalue weighted by Crippen LogP contribution is 2.03. The van der Waals surface area contributed by atoms with Crippen LogP contribution in [0.15, 0.2) is 6.33 Å². The first kappa shape index (κ1) is 14.1. The van der Waals surface area contributed by atoms with Crippen LogP contribution < -0.4 is 11.3 Å². The fourth-order valence-electron chi connectivity index (χ4n) is 1.68. The standard InChI is InChI=1S/C11H23N5O/c1-3-6-16-11(13-9-14-16)8-10(15-12)5-7-17-4-2/h9-10,15H,3-8,12H2,1-2H3. The number of aromatic nitrogens is 3. The molecule has 6 nitrogen and oxygen atoms in total.